The highest BCUT2D eigenvalue weighted by Gasteiger charge is 2.07. The van der Waals surface area contributed by atoms with E-state index in [1.165, 1.54) is 18.7 Å². The zero-order valence-electron chi connectivity index (χ0n) is 9.42. The van der Waals surface area contributed by atoms with E-state index in [0.29, 0.717) is 12.1 Å². The number of hydrogen-bond acceptors (Lipinski definition) is 3. The Balaban J connectivity index is 3.43. The quantitative estimate of drug-likeness (QED) is 0.685. The Morgan fingerprint density at radius 3 is 2.46 bits per heavy atom. The number of nitrogens with two attached hydrogens (primary N) is 1. The Bertz CT molecular complexity index is 117. The van der Waals surface area contributed by atoms with Crippen LogP contribution >= 0.6 is 11.8 Å². The summed E-state index contributed by atoms with van der Waals surface area (Å²) in [4.78, 5) is 2.42. The Morgan fingerprint density at radius 1 is 1.38 bits per heavy atom. The Labute approximate surface area is 87.2 Å². The van der Waals surface area contributed by atoms with E-state index < -0.39 is 0 Å². The summed E-state index contributed by atoms with van der Waals surface area (Å²) in [5.74, 6) is 1.22. The van der Waals surface area contributed by atoms with Gasteiger partial charge >= 0.3 is 0 Å². The predicted octanol–water partition coefficient (Wildman–Crippen LogP) is 1.80. The molecule has 2 nitrogen and oxygen atoms in total. The van der Waals surface area contributed by atoms with E-state index in [9.17, 15) is 0 Å². The van der Waals surface area contributed by atoms with Crippen LogP contribution in [0, 0.1) is 0 Å². The van der Waals surface area contributed by atoms with Gasteiger partial charge in [0, 0.05) is 17.8 Å². The van der Waals surface area contributed by atoms with E-state index in [1.807, 2.05) is 11.8 Å². The van der Waals surface area contributed by atoms with E-state index in [2.05, 4.69) is 32.1 Å². The first-order valence-corrected chi connectivity index (χ1v) is 6.42. The summed E-state index contributed by atoms with van der Waals surface area (Å²) < 4.78 is 0. The van der Waals surface area contributed by atoms with E-state index >= 15 is 0 Å². The first-order valence-electron chi connectivity index (χ1n) is 5.02. The van der Waals surface area contributed by atoms with Crippen molar-refractivity contribution in [3.8, 4) is 0 Å². The molecule has 0 saturated heterocycles. The number of thioether (sulfide) groups is 1. The topological polar surface area (TPSA) is 29.3 Å². The van der Waals surface area contributed by atoms with Crippen molar-refractivity contribution in [2.24, 2.45) is 5.73 Å². The average molecular weight is 204 g/mol. The van der Waals surface area contributed by atoms with Crippen LogP contribution in [0.2, 0.25) is 0 Å². The van der Waals surface area contributed by atoms with Gasteiger partial charge in [0.15, 0.2) is 0 Å². The van der Waals surface area contributed by atoms with Crippen molar-refractivity contribution in [1.29, 1.82) is 0 Å². The van der Waals surface area contributed by atoms with Gasteiger partial charge in [-0.25, -0.2) is 0 Å². The van der Waals surface area contributed by atoms with E-state index in [4.69, 9.17) is 5.73 Å². The summed E-state index contributed by atoms with van der Waals surface area (Å²) in [5.41, 5.74) is 5.69. The molecule has 0 rings (SSSR count). The van der Waals surface area contributed by atoms with Crippen molar-refractivity contribution in [2.45, 2.75) is 38.8 Å². The van der Waals surface area contributed by atoms with Gasteiger partial charge in [0.25, 0.3) is 0 Å². The van der Waals surface area contributed by atoms with Crippen LogP contribution in [0.15, 0.2) is 0 Å². The lowest BCUT2D eigenvalue weighted by Gasteiger charge is -2.24. The van der Waals surface area contributed by atoms with Crippen LogP contribution in [0.25, 0.3) is 0 Å². The highest BCUT2D eigenvalue weighted by molar-refractivity contribution is 7.98. The first kappa shape index (κ1) is 13.3. The lowest BCUT2D eigenvalue weighted by Crippen LogP contribution is -2.32. The third-order valence-corrected chi connectivity index (χ3v) is 3.15. The minimum atomic E-state index is 0.351. The smallest absolute Gasteiger partial charge is 0.0154 e. The molecule has 80 valence electrons. The Kier molecular flexibility index (Phi) is 7.81. The van der Waals surface area contributed by atoms with Gasteiger partial charge in [-0.3, -0.25) is 0 Å². The van der Waals surface area contributed by atoms with E-state index in [1.54, 1.807) is 0 Å². The molecule has 0 aromatic heterocycles. The first-order chi connectivity index (χ1) is 6.07. The second-order valence-electron chi connectivity index (χ2n) is 3.90. The van der Waals surface area contributed by atoms with Crippen LogP contribution in [0.4, 0.5) is 0 Å². The SMILES string of the molecule is CSCC(C)N(C)CCCC(C)N. The molecule has 0 aliphatic heterocycles. The maximum Gasteiger partial charge on any atom is 0.0154 e. The Morgan fingerprint density at radius 2 is 2.00 bits per heavy atom. The normalized spacial score (nSPS) is 16.2. The van der Waals surface area contributed by atoms with Crippen LogP contribution in [-0.4, -0.2) is 42.6 Å². The van der Waals surface area contributed by atoms with Crippen LogP contribution in [0.1, 0.15) is 26.7 Å². The molecule has 0 radical (unpaired) electrons. The molecule has 0 heterocycles. The summed E-state index contributed by atoms with van der Waals surface area (Å²) in [7, 11) is 2.20. The third-order valence-electron chi connectivity index (χ3n) is 2.33. The molecular formula is C10H24N2S. The monoisotopic (exact) mass is 204 g/mol. The number of rotatable bonds is 7. The average Bonchev–Trinajstić information content (AvgIpc) is 2.04. The molecule has 0 aliphatic rings. The molecule has 0 aliphatic carbocycles. The van der Waals surface area contributed by atoms with Gasteiger partial charge in [0.1, 0.15) is 0 Å². The summed E-state index contributed by atoms with van der Waals surface area (Å²) in [6, 6.07) is 1.03. The maximum atomic E-state index is 5.69. The molecule has 0 aromatic rings. The van der Waals surface area contributed by atoms with Gasteiger partial charge in [-0.05, 0) is 46.5 Å². The molecule has 0 amide bonds. The van der Waals surface area contributed by atoms with Crippen molar-refractivity contribution in [3.63, 3.8) is 0 Å². The van der Waals surface area contributed by atoms with Crippen LogP contribution in [0.5, 0.6) is 0 Å². The standard InChI is InChI=1S/C10H24N2S/c1-9(11)6-5-7-12(3)10(2)8-13-4/h9-10H,5-8,11H2,1-4H3. The van der Waals surface area contributed by atoms with Gasteiger partial charge in [-0.15, -0.1) is 0 Å². The molecule has 0 fully saturated rings. The molecular weight excluding hydrogens is 180 g/mol. The van der Waals surface area contributed by atoms with Crippen molar-refractivity contribution >= 4 is 11.8 Å². The van der Waals surface area contributed by atoms with Gasteiger partial charge in [0.05, 0.1) is 0 Å². The minimum Gasteiger partial charge on any atom is -0.328 e. The lowest BCUT2D eigenvalue weighted by atomic mass is 10.2. The summed E-state index contributed by atoms with van der Waals surface area (Å²) in [6.45, 7) is 5.52. The van der Waals surface area contributed by atoms with Gasteiger partial charge in [0.2, 0.25) is 0 Å². The molecule has 0 aromatic carbocycles. The highest BCUT2D eigenvalue weighted by atomic mass is 32.2. The van der Waals surface area contributed by atoms with Crippen molar-refractivity contribution < 1.29 is 0 Å². The second-order valence-corrected chi connectivity index (χ2v) is 4.82. The molecule has 0 saturated carbocycles. The maximum absolute atomic E-state index is 5.69. The fourth-order valence-electron chi connectivity index (χ4n) is 1.25. The van der Waals surface area contributed by atoms with Gasteiger partial charge in [-0.1, -0.05) is 0 Å². The van der Waals surface area contributed by atoms with Crippen LogP contribution in [0.3, 0.4) is 0 Å². The van der Waals surface area contributed by atoms with Gasteiger partial charge < -0.3 is 10.6 Å². The van der Waals surface area contributed by atoms with Crippen molar-refractivity contribution in [3.05, 3.63) is 0 Å². The largest absolute Gasteiger partial charge is 0.328 e. The Hall–Kier alpha value is 0.270. The predicted molar refractivity (Wildman–Crippen MR) is 63.4 cm³/mol. The molecule has 0 spiro atoms. The molecule has 13 heavy (non-hydrogen) atoms. The van der Waals surface area contributed by atoms with Gasteiger partial charge in [-0.2, -0.15) is 11.8 Å². The zero-order valence-corrected chi connectivity index (χ0v) is 10.2. The third kappa shape index (κ3) is 7.35. The van der Waals surface area contributed by atoms with Crippen molar-refractivity contribution in [2.75, 3.05) is 25.6 Å². The number of hydrogen-bond donors (Lipinski definition) is 1. The van der Waals surface area contributed by atoms with Crippen molar-refractivity contribution in [1.82, 2.24) is 4.90 Å². The fourth-order valence-corrected chi connectivity index (χ4v) is 1.99. The van der Waals surface area contributed by atoms with Crippen LogP contribution < -0.4 is 5.73 Å². The summed E-state index contributed by atoms with van der Waals surface area (Å²) in [6.07, 6.45) is 4.51. The zero-order chi connectivity index (χ0) is 10.3. The summed E-state index contributed by atoms with van der Waals surface area (Å²) in [5, 5.41) is 0. The lowest BCUT2D eigenvalue weighted by molar-refractivity contribution is 0.270. The molecule has 2 atom stereocenters. The molecule has 2 unspecified atom stereocenters. The highest BCUT2D eigenvalue weighted by Crippen LogP contribution is 2.05. The molecule has 2 N–H and O–H groups in total. The fraction of sp³-hybridized carbons (Fsp3) is 1.00. The molecule has 0 bridgehead atoms. The van der Waals surface area contributed by atoms with E-state index in [-0.39, 0.29) is 0 Å². The van der Waals surface area contributed by atoms with E-state index in [0.717, 1.165) is 6.42 Å². The number of nitrogens with zero attached hydrogens (tertiary/aromatic N) is 1. The minimum absolute atomic E-state index is 0.351. The second kappa shape index (κ2) is 7.65. The summed E-state index contributed by atoms with van der Waals surface area (Å²) >= 11 is 1.91. The molecule has 3 heteroatoms. The van der Waals surface area contributed by atoms with Crippen LogP contribution in [-0.2, 0) is 0 Å².